The highest BCUT2D eigenvalue weighted by Crippen LogP contribution is 2.24. The number of nitrogens with one attached hydrogen (secondary N) is 1. The second-order valence-corrected chi connectivity index (χ2v) is 6.49. The first-order valence-corrected chi connectivity index (χ1v) is 8.89. The number of pyridine rings is 1. The van der Waals surface area contributed by atoms with E-state index in [1.807, 2.05) is 41.2 Å². The molecule has 5 nitrogen and oxygen atoms in total. The molecule has 0 unspecified atom stereocenters. The zero-order valence-corrected chi connectivity index (χ0v) is 14.4. The van der Waals surface area contributed by atoms with Crippen molar-refractivity contribution in [2.24, 2.45) is 0 Å². The van der Waals surface area contributed by atoms with E-state index >= 15 is 0 Å². The standard InChI is InChI=1S/C18H20N4OS/c1-2-3-8-15-16(24-18(21-15)22-10-4-5-11-22)17(23)20-13-14-7-6-9-19-12-14/h4-7,9-12H,2-3,8,13H2,1H3,(H,20,23). The SMILES string of the molecule is CCCCc1nc(-n2cccc2)sc1C(=O)NCc1cccnc1. The maximum Gasteiger partial charge on any atom is 0.263 e. The van der Waals surface area contributed by atoms with E-state index in [0.29, 0.717) is 11.4 Å². The summed E-state index contributed by atoms with van der Waals surface area (Å²) in [6, 6.07) is 7.72. The van der Waals surface area contributed by atoms with Crippen molar-refractivity contribution in [1.82, 2.24) is 19.9 Å². The van der Waals surface area contributed by atoms with Gasteiger partial charge in [0.05, 0.1) is 5.69 Å². The monoisotopic (exact) mass is 340 g/mol. The van der Waals surface area contributed by atoms with E-state index < -0.39 is 0 Å². The van der Waals surface area contributed by atoms with Crippen LogP contribution in [0.4, 0.5) is 0 Å². The molecular formula is C18H20N4OS. The number of hydrogen-bond donors (Lipinski definition) is 1. The summed E-state index contributed by atoms with van der Waals surface area (Å²) in [6.45, 7) is 2.61. The molecule has 0 aliphatic carbocycles. The van der Waals surface area contributed by atoms with Crippen LogP contribution in [0.5, 0.6) is 0 Å². The zero-order valence-electron chi connectivity index (χ0n) is 13.6. The quantitative estimate of drug-likeness (QED) is 0.715. The average molecular weight is 340 g/mol. The third-order valence-electron chi connectivity index (χ3n) is 3.66. The predicted octanol–water partition coefficient (Wildman–Crippen LogP) is 3.60. The Balaban J connectivity index is 1.78. The molecule has 24 heavy (non-hydrogen) atoms. The van der Waals surface area contributed by atoms with Gasteiger partial charge in [0.25, 0.3) is 5.91 Å². The number of aryl methyl sites for hydroxylation is 1. The van der Waals surface area contributed by atoms with E-state index in [-0.39, 0.29) is 5.91 Å². The molecule has 1 N–H and O–H groups in total. The third kappa shape index (κ3) is 3.89. The van der Waals surface area contributed by atoms with Crippen molar-refractivity contribution in [3.63, 3.8) is 0 Å². The molecule has 3 heterocycles. The molecule has 3 rings (SSSR count). The van der Waals surface area contributed by atoms with Crippen LogP contribution in [0.3, 0.4) is 0 Å². The summed E-state index contributed by atoms with van der Waals surface area (Å²) in [7, 11) is 0. The molecule has 0 aliphatic rings. The molecule has 0 atom stereocenters. The van der Waals surface area contributed by atoms with Crippen LogP contribution in [0.1, 0.15) is 40.7 Å². The van der Waals surface area contributed by atoms with E-state index in [4.69, 9.17) is 0 Å². The molecule has 0 bridgehead atoms. The van der Waals surface area contributed by atoms with Gasteiger partial charge in [0.1, 0.15) is 4.88 Å². The normalized spacial score (nSPS) is 10.7. The Hall–Kier alpha value is -2.47. The minimum Gasteiger partial charge on any atom is -0.347 e. The Labute approximate surface area is 145 Å². The Bertz CT molecular complexity index is 781. The first-order valence-electron chi connectivity index (χ1n) is 8.08. The number of hydrogen-bond acceptors (Lipinski definition) is 4. The summed E-state index contributed by atoms with van der Waals surface area (Å²) in [4.78, 5) is 22.1. The van der Waals surface area contributed by atoms with Crippen molar-refractivity contribution in [3.05, 3.63) is 65.2 Å². The predicted molar refractivity (Wildman–Crippen MR) is 95.5 cm³/mol. The van der Waals surface area contributed by atoms with Gasteiger partial charge in [0.15, 0.2) is 5.13 Å². The number of carbonyl (C=O) groups excluding carboxylic acids is 1. The summed E-state index contributed by atoms with van der Waals surface area (Å²) in [5.41, 5.74) is 1.87. The fourth-order valence-corrected chi connectivity index (χ4v) is 3.36. The number of aromatic nitrogens is 3. The van der Waals surface area contributed by atoms with Gasteiger partial charge in [-0.2, -0.15) is 0 Å². The average Bonchev–Trinajstić information content (AvgIpc) is 3.28. The Morgan fingerprint density at radius 3 is 2.83 bits per heavy atom. The molecule has 124 valence electrons. The molecule has 1 amide bonds. The summed E-state index contributed by atoms with van der Waals surface area (Å²) >= 11 is 1.44. The van der Waals surface area contributed by atoms with Gasteiger partial charge < -0.3 is 9.88 Å². The molecule has 0 fully saturated rings. The maximum absolute atomic E-state index is 12.6. The molecule has 0 saturated carbocycles. The van der Waals surface area contributed by atoms with Crippen LogP contribution in [0.25, 0.3) is 5.13 Å². The first kappa shape index (κ1) is 16.4. The lowest BCUT2D eigenvalue weighted by molar-refractivity contribution is 0.0954. The summed E-state index contributed by atoms with van der Waals surface area (Å²) in [6.07, 6.45) is 10.3. The van der Waals surface area contributed by atoms with E-state index in [2.05, 4.69) is 22.2 Å². The van der Waals surface area contributed by atoms with E-state index in [0.717, 1.165) is 35.7 Å². The van der Waals surface area contributed by atoms with Gasteiger partial charge >= 0.3 is 0 Å². The van der Waals surface area contributed by atoms with Crippen LogP contribution >= 0.6 is 11.3 Å². The highest BCUT2D eigenvalue weighted by Gasteiger charge is 2.18. The molecule has 6 heteroatoms. The van der Waals surface area contributed by atoms with Crippen LogP contribution in [0.2, 0.25) is 0 Å². The van der Waals surface area contributed by atoms with Gasteiger partial charge in [-0.15, -0.1) is 0 Å². The van der Waals surface area contributed by atoms with E-state index in [9.17, 15) is 4.79 Å². The first-order chi connectivity index (χ1) is 11.8. The van der Waals surface area contributed by atoms with E-state index in [1.54, 1.807) is 12.4 Å². The van der Waals surface area contributed by atoms with Crippen LogP contribution in [-0.4, -0.2) is 20.4 Å². The molecule has 0 radical (unpaired) electrons. The van der Waals surface area contributed by atoms with Crippen LogP contribution in [0, 0.1) is 0 Å². The minimum absolute atomic E-state index is 0.0686. The fourth-order valence-electron chi connectivity index (χ4n) is 2.37. The van der Waals surface area contributed by atoms with Crippen molar-refractivity contribution in [2.75, 3.05) is 0 Å². The lowest BCUT2D eigenvalue weighted by Crippen LogP contribution is -2.23. The largest absolute Gasteiger partial charge is 0.347 e. The number of thiazole rings is 1. The summed E-state index contributed by atoms with van der Waals surface area (Å²) < 4.78 is 1.94. The highest BCUT2D eigenvalue weighted by atomic mass is 32.1. The second kappa shape index (κ2) is 7.88. The Kier molecular flexibility index (Phi) is 5.38. The lowest BCUT2D eigenvalue weighted by Gasteiger charge is -2.04. The van der Waals surface area contributed by atoms with Crippen LogP contribution in [0.15, 0.2) is 49.1 Å². The third-order valence-corrected chi connectivity index (χ3v) is 4.77. The smallest absolute Gasteiger partial charge is 0.263 e. The summed E-state index contributed by atoms with van der Waals surface area (Å²) in [5, 5.41) is 3.80. The molecule has 0 aromatic carbocycles. The van der Waals surface area contributed by atoms with Gasteiger partial charge in [-0.1, -0.05) is 30.7 Å². The molecule has 0 spiro atoms. The fraction of sp³-hybridized carbons (Fsp3) is 0.278. The molecular weight excluding hydrogens is 320 g/mol. The van der Waals surface area contributed by atoms with Crippen molar-refractivity contribution < 1.29 is 4.79 Å². The van der Waals surface area contributed by atoms with E-state index in [1.165, 1.54) is 11.3 Å². The maximum atomic E-state index is 12.6. The molecule has 0 saturated heterocycles. The number of amides is 1. The molecule has 3 aromatic heterocycles. The number of carbonyl (C=O) groups is 1. The van der Waals surface area contributed by atoms with Gasteiger partial charge in [0.2, 0.25) is 0 Å². The van der Waals surface area contributed by atoms with Gasteiger partial charge in [-0.25, -0.2) is 4.98 Å². The Morgan fingerprint density at radius 2 is 2.12 bits per heavy atom. The van der Waals surface area contributed by atoms with Crippen molar-refractivity contribution in [2.45, 2.75) is 32.7 Å². The number of nitrogens with zero attached hydrogens (tertiary/aromatic N) is 3. The minimum atomic E-state index is -0.0686. The Morgan fingerprint density at radius 1 is 1.29 bits per heavy atom. The zero-order chi connectivity index (χ0) is 16.8. The van der Waals surface area contributed by atoms with Gasteiger partial charge in [0, 0.05) is 31.3 Å². The lowest BCUT2D eigenvalue weighted by atomic mass is 10.2. The molecule has 0 aliphatic heterocycles. The topological polar surface area (TPSA) is 59.8 Å². The number of rotatable bonds is 7. The summed E-state index contributed by atoms with van der Waals surface area (Å²) in [5.74, 6) is -0.0686. The molecule has 3 aromatic rings. The van der Waals surface area contributed by atoms with Crippen molar-refractivity contribution in [1.29, 1.82) is 0 Å². The number of unbranched alkanes of at least 4 members (excludes halogenated alkanes) is 1. The second-order valence-electron chi connectivity index (χ2n) is 5.51. The van der Waals surface area contributed by atoms with Crippen molar-refractivity contribution >= 4 is 17.2 Å². The van der Waals surface area contributed by atoms with Gasteiger partial charge in [-0.05, 0) is 36.6 Å². The van der Waals surface area contributed by atoms with Gasteiger partial charge in [-0.3, -0.25) is 9.78 Å². The van der Waals surface area contributed by atoms with Crippen LogP contribution < -0.4 is 5.32 Å². The van der Waals surface area contributed by atoms with Crippen molar-refractivity contribution in [3.8, 4) is 5.13 Å². The van der Waals surface area contributed by atoms with Crippen LogP contribution in [-0.2, 0) is 13.0 Å². The highest BCUT2D eigenvalue weighted by molar-refractivity contribution is 7.16.